The lowest BCUT2D eigenvalue weighted by Crippen LogP contribution is -2.24. The first kappa shape index (κ1) is 11.8. The molecule has 6 nitrogen and oxygen atoms in total. The number of nitrogens with two attached hydrogens (primary N) is 1. The minimum atomic E-state index is -0.724. The Balaban J connectivity index is 2.90. The van der Waals surface area contributed by atoms with E-state index in [0.29, 0.717) is 17.1 Å². The molecule has 3 N–H and O–H groups in total. The van der Waals surface area contributed by atoms with Gasteiger partial charge < -0.3 is 15.2 Å². The van der Waals surface area contributed by atoms with Gasteiger partial charge >= 0.3 is 6.03 Å². The Kier molecular flexibility index (Phi) is 4.14. The third-order valence-corrected chi connectivity index (χ3v) is 1.82. The van der Waals surface area contributed by atoms with E-state index in [2.05, 4.69) is 10.5 Å². The summed E-state index contributed by atoms with van der Waals surface area (Å²) >= 11 is 0. The van der Waals surface area contributed by atoms with Crippen LogP contribution in [0.3, 0.4) is 0 Å². The van der Waals surface area contributed by atoms with E-state index in [-0.39, 0.29) is 0 Å². The molecule has 0 aliphatic carbocycles. The average Bonchev–Trinajstić information content (AvgIpc) is 2.28. The van der Waals surface area contributed by atoms with Crippen molar-refractivity contribution in [3.05, 3.63) is 23.8 Å². The van der Waals surface area contributed by atoms with Crippen LogP contribution in [0, 0.1) is 0 Å². The summed E-state index contributed by atoms with van der Waals surface area (Å²) in [5.74, 6) is 1.29. The standard InChI is InChI=1S/C10H13N3O3/c1-15-8-3-4-9(16-2)7(5-8)6-12-13-10(11)14/h3-6H,1-2H3,(H3,11,13,14). The molecule has 0 aliphatic heterocycles. The number of hydrogen-bond acceptors (Lipinski definition) is 4. The molecule has 0 aromatic heterocycles. The average molecular weight is 223 g/mol. The molecule has 16 heavy (non-hydrogen) atoms. The fourth-order valence-corrected chi connectivity index (χ4v) is 1.11. The molecular formula is C10H13N3O3. The molecule has 0 aliphatic rings. The number of rotatable bonds is 4. The maximum absolute atomic E-state index is 10.4. The fourth-order valence-electron chi connectivity index (χ4n) is 1.11. The zero-order chi connectivity index (χ0) is 12.0. The second-order valence-electron chi connectivity index (χ2n) is 2.84. The first-order valence-corrected chi connectivity index (χ1v) is 4.48. The Bertz CT molecular complexity index is 404. The number of carbonyl (C=O) groups excluding carboxylic acids is 1. The number of amides is 2. The van der Waals surface area contributed by atoms with Gasteiger partial charge in [0, 0.05) is 5.56 Å². The smallest absolute Gasteiger partial charge is 0.332 e. The lowest BCUT2D eigenvalue weighted by Gasteiger charge is -2.06. The SMILES string of the molecule is COc1ccc(OC)c(C=NNC(N)=O)c1. The largest absolute Gasteiger partial charge is 0.497 e. The van der Waals surface area contributed by atoms with Gasteiger partial charge in [-0.1, -0.05) is 0 Å². The number of hydrazone groups is 1. The first-order valence-electron chi connectivity index (χ1n) is 4.48. The minimum Gasteiger partial charge on any atom is -0.497 e. The Morgan fingerprint density at radius 2 is 2.19 bits per heavy atom. The summed E-state index contributed by atoms with van der Waals surface area (Å²) in [5, 5.41) is 3.64. The van der Waals surface area contributed by atoms with Crippen molar-refractivity contribution in [1.29, 1.82) is 0 Å². The van der Waals surface area contributed by atoms with Crippen LogP contribution in [0.15, 0.2) is 23.3 Å². The molecule has 0 bridgehead atoms. The number of hydrogen-bond donors (Lipinski definition) is 2. The van der Waals surface area contributed by atoms with Crippen LogP contribution in [0.1, 0.15) is 5.56 Å². The van der Waals surface area contributed by atoms with Crippen molar-refractivity contribution >= 4 is 12.2 Å². The number of methoxy groups -OCH3 is 2. The molecule has 1 aromatic rings. The van der Waals surface area contributed by atoms with Crippen molar-refractivity contribution in [1.82, 2.24) is 5.43 Å². The van der Waals surface area contributed by atoms with Gasteiger partial charge in [0.2, 0.25) is 0 Å². The molecule has 0 heterocycles. The maximum atomic E-state index is 10.4. The lowest BCUT2D eigenvalue weighted by atomic mass is 10.2. The number of carbonyl (C=O) groups is 1. The third kappa shape index (κ3) is 3.16. The zero-order valence-electron chi connectivity index (χ0n) is 9.06. The molecule has 0 saturated carbocycles. The molecule has 0 spiro atoms. The lowest BCUT2D eigenvalue weighted by molar-refractivity contribution is 0.249. The fraction of sp³-hybridized carbons (Fsp3) is 0.200. The Morgan fingerprint density at radius 3 is 2.75 bits per heavy atom. The molecule has 0 fully saturated rings. The maximum Gasteiger partial charge on any atom is 0.332 e. The number of nitrogens with one attached hydrogen (secondary N) is 1. The molecule has 86 valence electrons. The van der Waals surface area contributed by atoms with Crippen LogP contribution < -0.4 is 20.6 Å². The van der Waals surface area contributed by atoms with Gasteiger partial charge in [-0.2, -0.15) is 5.10 Å². The molecule has 0 radical (unpaired) electrons. The second kappa shape index (κ2) is 5.59. The van der Waals surface area contributed by atoms with Crippen LogP contribution in [0.2, 0.25) is 0 Å². The summed E-state index contributed by atoms with van der Waals surface area (Å²) in [6.45, 7) is 0. The van der Waals surface area contributed by atoms with E-state index in [1.54, 1.807) is 32.4 Å². The summed E-state index contributed by atoms with van der Waals surface area (Å²) in [6.07, 6.45) is 1.42. The van der Waals surface area contributed by atoms with Gasteiger partial charge in [0.25, 0.3) is 0 Å². The molecule has 0 unspecified atom stereocenters. The molecule has 1 rings (SSSR count). The van der Waals surface area contributed by atoms with Gasteiger partial charge in [0.15, 0.2) is 0 Å². The summed E-state index contributed by atoms with van der Waals surface area (Å²) in [7, 11) is 3.10. The highest BCUT2D eigenvalue weighted by molar-refractivity contribution is 5.85. The Labute approximate surface area is 93.0 Å². The first-order chi connectivity index (χ1) is 7.67. The van der Waals surface area contributed by atoms with Crippen molar-refractivity contribution in [2.45, 2.75) is 0 Å². The van der Waals surface area contributed by atoms with Gasteiger partial charge in [-0.3, -0.25) is 0 Å². The highest BCUT2D eigenvalue weighted by Crippen LogP contribution is 2.22. The van der Waals surface area contributed by atoms with Crippen molar-refractivity contribution < 1.29 is 14.3 Å². The molecule has 0 saturated heterocycles. The summed E-state index contributed by atoms with van der Waals surface area (Å²) < 4.78 is 10.2. The number of ether oxygens (including phenoxy) is 2. The summed E-state index contributed by atoms with van der Waals surface area (Å²) in [4.78, 5) is 10.4. The normalized spacial score (nSPS) is 10.1. The molecule has 0 atom stereocenters. The highest BCUT2D eigenvalue weighted by atomic mass is 16.5. The van der Waals surface area contributed by atoms with E-state index in [9.17, 15) is 4.79 Å². The Morgan fingerprint density at radius 1 is 1.44 bits per heavy atom. The van der Waals surface area contributed by atoms with Crippen LogP contribution >= 0.6 is 0 Å². The predicted octanol–water partition coefficient (Wildman–Crippen LogP) is 0.706. The second-order valence-corrected chi connectivity index (χ2v) is 2.84. The van der Waals surface area contributed by atoms with Crippen molar-refractivity contribution in [2.24, 2.45) is 10.8 Å². The van der Waals surface area contributed by atoms with E-state index in [4.69, 9.17) is 15.2 Å². The van der Waals surface area contributed by atoms with E-state index in [1.807, 2.05) is 0 Å². The highest BCUT2D eigenvalue weighted by Gasteiger charge is 2.02. The van der Waals surface area contributed by atoms with Gasteiger partial charge in [-0.15, -0.1) is 0 Å². The number of primary amides is 1. The summed E-state index contributed by atoms with van der Waals surface area (Å²) in [5.41, 5.74) is 7.63. The predicted molar refractivity (Wildman–Crippen MR) is 59.9 cm³/mol. The molecular weight excluding hydrogens is 210 g/mol. The third-order valence-electron chi connectivity index (χ3n) is 1.82. The van der Waals surface area contributed by atoms with Crippen LogP contribution in [-0.4, -0.2) is 26.5 Å². The molecule has 2 amide bonds. The monoisotopic (exact) mass is 223 g/mol. The van der Waals surface area contributed by atoms with E-state index in [1.165, 1.54) is 6.21 Å². The topological polar surface area (TPSA) is 85.9 Å². The van der Waals surface area contributed by atoms with Crippen molar-refractivity contribution in [3.8, 4) is 11.5 Å². The quantitative estimate of drug-likeness (QED) is 0.582. The van der Waals surface area contributed by atoms with Gasteiger partial charge in [-0.25, -0.2) is 10.2 Å². The van der Waals surface area contributed by atoms with Gasteiger partial charge in [0.05, 0.1) is 20.4 Å². The summed E-state index contributed by atoms with van der Waals surface area (Å²) in [6, 6.07) is 4.51. The molecule has 6 heteroatoms. The van der Waals surface area contributed by atoms with Crippen LogP contribution in [0.4, 0.5) is 4.79 Å². The van der Waals surface area contributed by atoms with Crippen molar-refractivity contribution in [2.75, 3.05) is 14.2 Å². The van der Waals surface area contributed by atoms with Crippen LogP contribution in [-0.2, 0) is 0 Å². The zero-order valence-corrected chi connectivity index (χ0v) is 9.06. The van der Waals surface area contributed by atoms with Gasteiger partial charge in [0.1, 0.15) is 11.5 Å². The van der Waals surface area contributed by atoms with E-state index in [0.717, 1.165) is 0 Å². The van der Waals surface area contributed by atoms with Gasteiger partial charge in [-0.05, 0) is 18.2 Å². The van der Waals surface area contributed by atoms with Crippen LogP contribution in [0.5, 0.6) is 11.5 Å². The molecule has 1 aromatic carbocycles. The number of benzene rings is 1. The number of nitrogens with zero attached hydrogens (tertiary/aromatic N) is 1. The van der Waals surface area contributed by atoms with E-state index < -0.39 is 6.03 Å². The number of urea groups is 1. The van der Waals surface area contributed by atoms with Crippen molar-refractivity contribution in [3.63, 3.8) is 0 Å². The van der Waals surface area contributed by atoms with E-state index >= 15 is 0 Å². The Hall–Kier alpha value is -2.24. The van der Waals surface area contributed by atoms with Crippen LogP contribution in [0.25, 0.3) is 0 Å². The minimum absolute atomic E-state index is 0.621.